The lowest BCUT2D eigenvalue weighted by Gasteiger charge is -2.27. The molecule has 0 saturated heterocycles. The molecule has 2 bridgehead atoms. The van der Waals surface area contributed by atoms with Crippen molar-refractivity contribution in [3.05, 3.63) is 28.7 Å². The fraction of sp³-hybridized carbons (Fsp3) is 0.417. The minimum atomic E-state index is -0.300. The third-order valence-electron chi connectivity index (χ3n) is 3.81. The predicted molar refractivity (Wildman–Crippen MR) is 72.9 cm³/mol. The normalized spacial score (nSPS) is 31.7. The van der Waals surface area contributed by atoms with E-state index in [1.54, 1.807) is 0 Å². The summed E-state index contributed by atoms with van der Waals surface area (Å²) in [7, 11) is 0. The average Bonchev–Trinajstić information content (AvgIpc) is 2.94. The molecule has 7 heteroatoms. The molecule has 0 aliphatic heterocycles. The molecule has 3 N–H and O–H groups in total. The smallest absolute Gasteiger partial charge is 0.224 e. The molecule has 100 valence electrons. The van der Waals surface area contributed by atoms with E-state index in [0.29, 0.717) is 10.8 Å². The van der Waals surface area contributed by atoms with Crippen LogP contribution in [0, 0.1) is 17.8 Å². The lowest BCUT2D eigenvalue weighted by atomic mass is 9.88. The van der Waals surface area contributed by atoms with Crippen molar-refractivity contribution in [2.24, 2.45) is 23.5 Å². The second kappa shape index (κ2) is 4.65. The van der Waals surface area contributed by atoms with E-state index in [2.05, 4.69) is 27.4 Å². The Balaban J connectivity index is 1.88. The van der Waals surface area contributed by atoms with Gasteiger partial charge in [-0.2, -0.15) is 4.98 Å². The van der Waals surface area contributed by atoms with Gasteiger partial charge in [0.15, 0.2) is 0 Å². The maximum absolute atomic E-state index is 11.6. The number of allylic oxidation sites excluding steroid dienone is 1. The van der Waals surface area contributed by atoms with Gasteiger partial charge in [-0.3, -0.25) is 4.79 Å². The number of nitrogens with two attached hydrogens (primary N) is 1. The number of anilines is 1. The SMILES string of the molecule is NC(=O)[C@H]1C(Nc2nc(Cl)ncc2Cl)[C@@H]2C=C[C@H]1C2. The van der Waals surface area contributed by atoms with Crippen molar-refractivity contribution in [1.29, 1.82) is 0 Å². The summed E-state index contributed by atoms with van der Waals surface area (Å²) in [6, 6.07) is -0.0871. The molecular weight excluding hydrogens is 287 g/mol. The van der Waals surface area contributed by atoms with Gasteiger partial charge in [0.25, 0.3) is 0 Å². The standard InChI is InChI=1S/C12H12Cl2N4O/c13-7-4-16-12(14)18-11(7)17-9-6-2-1-5(3-6)8(9)10(15)19/h1-2,4-6,8-9H,3H2,(H2,15,19)(H,16,17,18)/t5-,6+,8+,9?/m0/s1. The van der Waals surface area contributed by atoms with Crippen molar-refractivity contribution in [2.75, 3.05) is 5.32 Å². The molecule has 2 aliphatic rings. The highest BCUT2D eigenvalue weighted by Crippen LogP contribution is 2.45. The Kier molecular flexibility index (Phi) is 3.11. The first-order valence-corrected chi connectivity index (χ1v) is 6.74. The first kappa shape index (κ1) is 12.7. The number of fused-ring (bicyclic) bond motifs is 2. The van der Waals surface area contributed by atoms with Crippen molar-refractivity contribution in [3.8, 4) is 0 Å². The number of hydrogen-bond acceptors (Lipinski definition) is 4. The van der Waals surface area contributed by atoms with Crippen LogP contribution in [-0.2, 0) is 4.79 Å². The topological polar surface area (TPSA) is 80.9 Å². The van der Waals surface area contributed by atoms with E-state index in [1.807, 2.05) is 0 Å². The molecule has 5 nitrogen and oxygen atoms in total. The summed E-state index contributed by atoms with van der Waals surface area (Å²) in [4.78, 5) is 19.4. The summed E-state index contributed by atoms with van der Waals surface area (Å²) in [5, 5.41) is 3.68. The van der Waals surface area contributed by atoms with E-state index in [9.17, 15) is 4.79 Å². The number of aromatic nitrogens is 2. The Morgan fingerprint density at radius 3 is 2.84 bits per heavy atom. The summed E-state index contributed by atoms with van der Waals surface area (Å²) in [6.45, 7) is 0. The molecule has 0 radical (unpaired) electrons. The molecule has 1 aromatic heterocycles. The highest BCUT2D eigenvalue weighted by molar-refractivity contribution is 6.33. The number of primary amides is 1. The van der Waals surface area contributed by atoms with Crippen molar-refractivity contribution in [3.63, 3.8) is 0 Å². The first-order chi connectivity index (χ1) is 9.06. The molecule has 0 spiro atoms. The van der Waals surface area contributed by atoms with Gasteiger partial charge in [0.05, 0.1) is 12.1 Å². The van der Waals surface area contributed by atoms with Crippen molar-refractivity contribution in [2.45, 2.75) is 12.5 Å². The number of rotatable bonds is 3. The fourth-order valence-electron chi connectivity index (χ4n) is 3.01. The van der Waals surface area contributed by atoms with E-state index in [-0.39, 0.29) is 35.0 Å². The Bertz CT molecular complexity index is 563. The van der Waals surface area contributed by atoms with Gasteiger partial charge < -0.3 is 11.1 Å². The van der Waals surface area contributed by atoms with E-state index in [1.165, 1.54) is 6.20 Å². The highest BCUT2D eigenvalue weighted by Gasteiger charge is 2.47. The Morgan fingerprint density at radius 1 is 1.37 bits per heavy atom. The maximum Gasteiger partial charge on any atom is 0.224 e. The monoisotopic (exact) mass is 298 g/mol. The number of carbonyl (C=O) groups excluding carboxylic acids is 1. The average molecular weight is 299 g/mol. The van der Waals surface area contributed by atoms with Crippen molar-refractivity contribution < 1.29 is 4.79 Å². The Morgan fingerprint density at radius 2 is 2.11 bits per heavy atom. The van der Waals surface area contributed by atoms with Gasteiger partial charge in [-0.25, -0.2) is 4.98 Å². The Labute approximate surface area is 120 Å². The molecule has 1 unspecified atom stereocenters. The number of carbonyl (C=O) groups is 1. The molecule has 3 rings (SSSR count). The van der Waals surface area contributed by atoms with Crippen molar-refractivity contribution >= 4 is 34.9 Å². The van der Waals surface area contributed by atoms with Crippen LogP contribution >= 0.6 is 23.2 Å². The highest BCUT2D eigenvalue weighted by atomic mass is 35.5. The molecular formula is C12H12Cl2N4O. The van der Waals surface area contributed by atoms with Crippen LogP contribution in [0.3, 0.4) is 0 Å². The number of hydrogen-bond donors (Lipinski definition) is 2. The molecule has 0 aromatic carbocycles. The molecule has 1 fully saturated rings. The first-order valence-electron chi connectivity index (χ1n) is 5.98. The van der Waals surface area contributed by atoms with Crippen LogP contribution in [-0.4, -0.2) is 21.9 Å². The second-order valence-electron chi connectivity index (χ2n) is 4.88. The summed E-state index contributed by atoms with van der Waals surface area (Å²) in [6.07, 6.45) is 6.54. The van der Waals surface area contributed by atoms with E-state index in [4.69, 9.17) is 28.9 Å². The van der Waals surface area contributed by atoms with Gasteiger partial charge in [0.2, 0.25) is 11.2 Å². The summed E-state index contributed by atoms with van der Waals surface area (Å²) in [5.41, 5.74) is 5.49. The Hall–Kier alpha value is -1.33. The van der Waals surface area contributed by atoms with Gasteiger partial charge in [0, 0.05) is 6.04 Å². The molecule has 4 atom stereocenters. The van der Waals surface area contributed by atoms with Crippen LogP contribution in [0.15, 0.2) is 18.3 Å². The van der Waals surface area contributed by atoms with Crippen LogP contribution < -0.4 is 11.1 Å². The third kappa shape index (κ3) is 2.17. The van der Waals surface area contributed by atoms with Gasteiger partial charge in [-0.15, -0.1) is 0 Å². The van der Waals surface area contributed by atoms with Gasteiger partial charge in [-0.1, -0.05) is 23.8 Å². The van der Waals surface area contributed by atoms with Gasteiger partial charge in [-0.05, 0) is 29.9 Å². The van der Waals surface area contributed by atoms with Gasteiger partial charge >= 0.3 is 0 Å². The quantitative estimate of drug-likeness (QED) is 0.659. The molecule has 19 heavy (non-hydrogen) atoms. The van der Waals surface area contributed by atoms with E-state index >= 15 is 0 Å². The van der Waals surface area contributed by atoms with E-state index in [0.717, 1.165) is 6.42 Å². The van der Waals surface area contributed by atoms with Crippen LogP contribution in [0.2, 0.25) is 10.3 Å². The van der Waals surface area contributed by atoms with Crippen LogP contribution in [0.1, 0.15) is 6.42 Å². The van der Waals surface area contributed by atoms with Crippen LogP contribution in [0.25, 0.3) is 0 Å². The van der Waals surface area contributed by atoms with Crippen LogP contribution in [0.4, 0.5) is 5.82 Å². The number of nitrogens with one attached hydrogen (secondary N) is 1. The number of halogens is 2. The summed E-state index contributed by atoms with van der Waals surface area (Å²) in [5.74, 6) is 0.382. The van der Waals surface area contributed by atoms with E-state index < -0.39 is 0 Å². The van der Waals surface area contributed by atoms with Crippen LogP contribution in [0.5, 0.6) is 0 Å². The maximum atomic E-state index is 11.6. The summed E-state index contributed by atoms with van der Waals surface area (Å²) >= 11 is 11.8. The lowest BCUT2D eigenvalue weighted by molar-refractivity contribution is -0.122. The van der Waals surface area contributed by atoms with Gasteiger partial charge in [0.1, 0.15) is 10.8 Å². The molecule has 1 aromatic rings. The minimum Gasteiger partial charge on any atom is -0.369 e. The number of nitrogens with zero attached hydrogens (tertiary/aromatic N) is 2. The molecule has 1 saturated carbocycles. The third-order valence-corrected chi connectivity index (χ3v) is 4.26. The zero-order valence-electron chi connectivity index (χ0n) is 9.88. The second-order valence-corrected chi connectivity index (χ2v) is 5.63. The predicted octanol–water partition coefficient (Wildman–Crippen LogP) is 1.87. The molecule has 1 amide bonds. The number of amides is 1. The molecule has 1 heterocycles. The zero-order valence-corrected chi connectivity index (χ0v) is 11.4. The lowest BCUT2D eigenvalue weighted by Crippen LogP contribution is -2.41. The van der Waals surface area contributed by atoms with Crippen molar-refractivity contribution in [1.82, 2.24) is 9.97 Å². The minimum absolute atomic E-state index is 0.0871. The zero-order chi connectivity index (χ0) is 13.6. The summed E-state index contributed by atoms with van der Waals surface area (Å²) < 4.78 is 0. The molecule has 2 aliphatic carbocycles. The fourth-order valence-corrected chi connectivity index (χ4v) is 3.29. The largest absolute Gasteiger partial charge is 0.369 e.